The maximum Gasteiger partial charge on any atom is 0.265 e. The van der Waals surface area contributed by atoms with Gasteiger partial charge in [0.15, 0.2) is 11.3 Å². The summed E-state index contributed by atoms with van der Waals surface area (Å²) in [5.74, 6) is 0.761. The molecular weight excluding hydrogens is 410 g/mol. The molecule has 6 nitrogen and oxygen atoms in total. The summed E-state index contributed by atoms with van der Waals surface area (Å²) in [7, 11) is 0. The first-order valence-electron chi connectivity index (χ1n) is 11.8. The average Bonchev–Trinajstić information content (AvgIpc) is 3.10. The highest BCUT2D eigenvalue weighted by Crippen LogP contribution is 2.32. The Balaban J connectivity index is 1.77. The highest BCUT2D eigenvalue weighted by atomic mass is 16.1. The van der Waals surface area contributed by atoms with Crippen molar-refractivity contribution in [2.45, 2.75) is 58.9 Å². The van der Waals surface area contributed by atoms with Crippen molar-refractivity contribution in [3.63, 3.8) is 0 Å². The predicted octanol–water partition coefficient (Wildman–Crippen LogP) is 5.71. The van der Waals surface area contributed by atoms with Gasteiger partial charge in [0.25, 0.3) is 5.56 Å². The van der Waals surface area contributed by atoms with Crippen LogP contribution in [0.15, 0.2) is 47.3 Å². The lowest BCUT2D eigenvalue weighted by Crippen LogP contribution is -2.29. The van der Waals surface area contributed by atoms with E-state index in [0.29, 0.717) is 22.2 Å². The Labute approximate surface area is 191 Å². The summed E-state index contributed by atoms with van der Waals surface area (Å²) in [5, 5.41) is 0.568. The topological polar surface area (TPSA) is 65.6 Å². The van der Waals surface area contributed by atoms with Gasteiger partial charge in [0, 0.05) is 11.7 Å². The van der Waals surface area contributed by atoms with Crippen LogP contribution in [0, 0.1) is 20.8 Å². The molecule has 3 aromatic heterocycles. The molecule has 0 aliphatic heterocycles. The Hall–Kier alpha value is -3.54. The number of hydrogen-bond donors (Lipinski definition) is 0. The number of para-hydroxylation sites is 2. The van der Waals surface area contributed by atoms with E-state index in [9.17, 15) is 4.79 Å². The zero-order valence-electron chi connectivity index (χ0n) is 19.3. The van der Waals surface area contributed by atoms with Crippen LogP contribution in [0.4, 0.5) is 0 Å². The number of hydrogen-bond acceptors (Lipinski definition) is 4. The molecule has 1 fully saturated rings. The van der Waals surface area contributed by atoms with E-state index in [2.05, 4.69) is 32.0 Å². The number of nitrogens with zero attached hydrogens (tertiary/aromatic N) is 5. The molecular formula is C27H27N5O. The van der Waals surface area contributed by atoms with Gasteiger partial charge in [-0.15, -0.1) is 0 Å². The molecule has 6 heteroatoms. The van der Waals surface area contributed by atoms with Crippen LogP contribution in [0.2, 0.25) is 0 Å². The van der Waals surface area contributed by atoms with Crippen LogP contribution in [0.1, 0.15) is 55.1 Å². The van der Waals surface area contributed by atoms with Crippen LogP contribution in [0.5, 0.6) is 0 Å². The summed E-state index contributed by atoms with van der Waals surface area (Å²) in [4.78, 5) is 29.0. The Morgan fingerprint density at radius 1 is 0.818 bits per heavy atom. The third-order valence-corrected chi connectivity index (χ3v) is 6.89. The lowest BCUT2D eigenvalue weighted by Gasteiger charge is -2.25. The molecule has 0 unspecified atom stereocenters. The van der Waals surface area contributed by atoms with Crippen LogP contribution in [0.25, 0.3) is 38.9 Å². The van der Waals surface area contributed by atoms with E-state index in [0.717, 1.165) is 59.4 Å². The van der Waals surface area contributed by atoms with E-state index < -0.39 is 0 Å². The number of rotatable bonds is 2. The van der Waals surface area contributed by atoms with Gasteiger partial charge >= 0.3 is 0 Å². The number of aryl methyl sites for hydroxylation is 3. The van der Waals surface area contributed by atoms with E-state index in [1.165, 1.54) is 6.42 Å². The Kier molecular flexibility index (Phi) is 4.57. The molecule has 1 aliphatic rings. The standard InChI is InChI=1S/C27H27N5O/c1-16-13-17(2)15-20(14-16)32-25-23(24-26(32)30-22-12-8-7-11-21(22)29-24)27(33)31(18(3)28-25)19-9-5-4-6-10-19/h7-8,11-15,19H,4-6,9-10H2,1-3H3. The van der Waals surface area contributed by atoms with Crippen molar-refractivity contribution in [2.24, 2.45) is 0 Å². The Bertz CT molecular complexity index is 1580. The maximum absolute atomic E-state index is 14.0. The van der Waals surface area contributed by atoms with E-state index in [-0.39, 0.29) is 11.6 Å². The summed E-state index contributed by atoms with van der Waals surface area (Å²) >= 11 is 0. The van der Waals surface area contributed by atoms with Gasteiger partial charge in [0.2, 0.25) is 0 Å². The van der Waals surface area contributed by atoms with Gasteiger partial charge in [-0.1, -0.05) is 37.5 Å². The number of benzene rings is 2. The molecule has 0 N–H and O–H groups in total. The molecule has 1 aliphatic carbocycles. The minimum absolute atomic E-state index is 0.00195. The fourth-order valence-corrected chi connectivity index (χ4v) is 5.50. The molecule has 33 heavy (non-hydrogen) atoms. The fourth-order valence-electron chi connectivity index (χ4n) is 5.50. The number of aromatic nitrogens is 5. The monoisotopic (exact) mass is 437 g/mol. The first-order chi connectivity index (χ1) is 16.0. The quantitative estimate of drug-likeness (QED) is 0.355. The molecule has 0 spiro atoms. The van der Waals surface area contributed by atoms with Crippen molar-refractivity contribution < 1.29 is 0 Å². The van der Waals surface area contributed by atoms with E-state index in [1.54, 1.807) is 0 Å². The second-order valence-electron chi connectivity index (χ2n) is 9.39. The summed E-state index contributed by atoms with van der Waals surface area (Å²) < 4.78 is 3.94. The lowest BCUT2D eigenvalue weighted by atomic mass is 9.95. The van der Waals surface area contributed by atoms with Crippen molar-refractivity contribution in [3.8, 4) is 5.69 Å². The van der Waals surface area contributed by atoms with Gasteiger partial charge in [-0.05, 0) is 69.0 Å². The fraction of sp³-hybridized carbons (Fsp3) is 0.333. The zero-order chi connectivity index (χ0) is 22.7. The van der Waals surface area contributed by atoms with Crippen molar-refractivity contribution in [1.82, 2.24) is 24.1 Å². The molecule has 2 aromatic carbocycles. The van der Waals surface area contributed by atoms with Gasteiger partial charge in [0.05, 0.1) is 11.0 Å². The Morgan fingerprint density at radius 3 is 2.18 bits per heavy atom. The van der Waals surface area contributed by atoms with E-state index in [1.807, 2.05) is 40.3 Å². The molecule has 0 atom stereocenters. The second kappa shape index (κ2) is 7.51. The van der Waals surface area contributed by atoms with Crippen molar-refractivity contribution in [1.29, 1.82) is 0 Å². The molecule has 3 heterocycles. The van der Waals surface area contributed by atoms with Gasteiger partial charge in [-0.25, -0.2) is 15.0 Å². The summed E-state index contributed by atoms with van der Waals surface area (Å²) in [5.41, 5.74) is 6.81. The molecule has 0 amide bonds. The minimum atomic E-state index is 0.00195. The molecule has 0 radical (unpaired) electrons. The van der Waals surface area contributed by atoms with Crippen LogP contribution in [-0.4, -0.2) is 24.1 Å². The van der Waals surface area contributed by atoms with E-state index in [4.69, 9.17) is 15.0 Å². The van der Waals surface area contributed by atoms with Crippen molar-refractivity contribution >= 4 is 33.2 Å². The van der Waals surface area contributed by atoms with Crippen molar-refractivity contribution in [2.75, 3.05) is 0 Å². The maximum atomic E-state index is 14.0. The summed E-state index contributed by atoms with van der Waals surface area (Å²) in [6.07, 6.45) is 5.60. The third-order valence-electron chi connectivity index (χ3n) is 6.89. The van der Waals surface area contributed by atoms with Crippen LogP contribution in [-0.2, 0) is 0 Å². The SMILES string of the molecule is Cc1cc(C)cc(-n2c3nc4ccccc4nc3c3c(=O)n(C4CCCCC4)c(C)nc32)c1. The molecule has 1 saturated carbocycles. The normalized spacial score (nSPS) is 15.1. The highest BCUT2D eigenvalue weighted by molar-refractivity contribution is 6.05. The lowest BCUT2D eigenvalue weighted by molar-refractivity contribution is 0.339. The highest BCUT2D eigenvalue weighted by Gasteiger charge is 2.25. The van der Waals surface area contributed by atoms with E-state index >= 15 is 0 Å². The molecule has 5 aromatic rings. The largest absolute Gasteiger partial charge is 0.293 e. The van der Waals surface area contributed by atoms with Crippen LogP contribution < -0.4 is 5.56 Å². The molecule has 0 saturated heterocycles. The van der Waals surface area contributed by atoms with Gasteiger partial charge in [-0.2, -0.15) is 0 Å². The summed E-state index contributed by atoms with van der Waals surface area (Å²) in [6.45, 7) is 6.12. The van der Waals surface area contributed by atoms with Gasteiger partial charge in [0.1, 0.15) is 16.7 Å². The van der Waals surface area contributed by atoms with Crippen LogP contribution in [0.3, 0.4) is 0 Å². The summed E-state index contributed by atoms with van der Waals surface area (Å²) in [6, 6.07) is 14.4. The van der Waals surface area contributed by atoms with Crippen molar-refractivity contribution in [3.05, 3.63) is 69.8 Å². The third kappa shape index (κ3) is 3.16. The first-order valence-corrected chi connectivity index (χ1v) is 11.8. The predicted molar refractivity (Wildman–Crippen MR) is 132 cm³/mol. The van der Waals surface area contributed by atoms with Gasteiger partial charge in [-0.3, -0.25) is 13.9 Å². The average molecular weight is 438 g/mol. The molecule has 166 valence electrons. The first kappa shape index (κ1) is 20.1. The molecule has 0 bridgehead atoms. The van der Waals surface area contributed by atoms with Gasteiger partial charge < -0.3 is 0 Å². The number of fused-ring (bicyclic) bond motifs is 4. The zero-order valence-corrected chi connectivity index (χ0v) is 19.3. The van der Waals surface area contributed by atoms with Crippen LogP contribution >= 0.6 is 0 Å². The molecule has 6 rings (SSSR count). The minimum Gasteiger partial charge on any atom is -0.293 e. The smallest absolute Gasteiger partial charge is 0.265 e. The Morgan fingerprint density at radius 2 is 1.48 bits per heavy atom. The second-order valence-corrected chi connectivity index (χ2v) is 9.39.